The lowest BCUT2D eigenvalue weighted by atomic mass is 10.1. The van der Waals surface area contributed by atoms with Crippen molar-refractivity contribution in [1.29, 1.82) is 0 Å². The highest BCUT2D eigenvalue weighted by molar-refractivity contribution is 8.00. The number of hydrogen-bond donors (Lipinski definition) is 2. The molecule has 4 aromatic rings. The first-order chi connectivity index (χ1) is 16.0. The van der Waals surface area contributed by atoms with Crippen LogP contribution in [0.2, 0.25) is 0 Å². The predicted molar refractivity (Wildman–Crippen MR) is 134 cm³/mol. The van der Waals surface area contributed by atoms with Crippen LogP contribution >= 0.6 is 11.8 Å². The van der Waals surface area contributed by atoms with Crippen molar-refractivity contribution in [2.75, 3.05) is 10.6 Å². The third-order valence-electron chi connectivity index (χ3n) is 4.94. The maximum Gasteiger partial charge on any atom is 0.237 e. The van der Waals surface area contributed by atoms with Crippen LogP contribution in [-0.4, -0.2) is 26.6 Å². The molecule has 1 atom stereocenters. The number of aromatic nitrogens is 2. The minimum Gasteiger partial charge on any atom is -0.326 e. The molecule has 0 aliphatic rings. The van der Waals surface area contributed by atoms with Crippen LogP contribution in [0, 0.1) is 0 Å². The van der Waals surface area contributed by atoms with E-state index in [1.165, 1.54) is 18.7 Å². The van der Waals surface area contributed by atoms with Crippen LogP contribution in [0.4, 0.5) is 11.4 Å². The van der Waals surface area contributed by atoms with Crippen molar-refractivity contribution in [3.63, 3.8) is 0 Å². The Labute approximate surface area is 197 Å². The summed E-state index contributed by atoms with van der Waals surface area (Å²) in [5.74, 6) is -0.267. The van der Waals surface area contributed by atoms with Gasteiger partial charge in [-0.25, -0.2) is 4.98 Å². The number of nitrogens with zero attached hydrogens (tertiary/aromatic N) is 2. The van der Waals surface area contributed by atoms with E-state index in [2.05, 4.69) is 20.2 Å². The van der Waals surface area contributed by atoms with Gasteiger partial charge in [-0.1, -0.05) is 60.3 Å². The Kier molecular flexibility index (Phi) is 6.90. The van der Waals surface area contributed by atoms with Gasteiger partial charge in [0.1, 0.15) is 0 Å². The largest absolute Gasteiger partial charge is 0.326 e. The molecule has 7 heteroatoms. The lowest BCUT2D eigenvalue weighted by Crippen LogP contribution is -2.23. The van der Waals surface area contributed by atoms with Gasteiger partial charge in [0.15, 0.2) is 5.16 Å². The number of carbonyl (C=O) groups excluding carboxylic acids is 2. The molecule has 2 N–H and O–H groups in total. The number of nitrogens with one attached hydrogen (secondary N) is 2. The summed E-state index contributed by atoms with van der Waals surface area (Å²) in [7, 11) is 0. The average molecular weight is 457 g/mol. The quantitative estimate of drug-likeness (QED) is 0.354. The van der Waals surface area contributed by atoms with Gasteiger partial charge in [-0.15, -0.1) is 0 Å². The van der Waals surface area contributed by atoms with E-state index in [0.717, 1.165) is 22.1 Å². The first kappa shape index (κ1) is 22.4. The van der Waals surface area contributed by atoms with Crippen molar-refractivity contribution in [2.24, 2.45) is 0 Å². The van der Waals surface area contributed by atoms with Crippen molar-refractivity contribution in [3.8, 4) is 16.9 Å². The fourth-order valence-electron chi connectivity index (χ4n) is 3.35. The first-order valence-corrected chi connectivity index (χ1v) is 11.4. The molecular weight excluding hydrogens is 432 g/mol. The molecular formula is C26H24N4O2S. The Bertz CT molecular complexity index is 1240. The summed E-state index contributed by atoms with van der Waals surface area (Å²) in [4.78, 5) is 28.7. The van der Waals surface area contributed by atoms with Crippen LogP contribution in [0.15, 0.2) is 96.3 Å². The van der Waals surface area contributed by atoms with Crippen molar-refractivity contribution < 1.29 is 9.59 Å². The molecule has 1 unspecified atom stereocenters. The standard InChI is InChI=1S/C26H24N4O2S/c1-18(25(32)29-22-15-13-21(14-16-22)28-19(2)31)33-26-27-17-24(20-9-5-3-6-10-20)30(26)23-11-7-4-8-12-23/h3-18H,1-2H3,(H,28,31)(H,29,32). The van der Waals surface area contributed by atoms with Gasteiger partial charge in [-0.2, -0.15) is 0 Å². The Morgan fingerprint density at radius 2 is 1.42 bits per heavy atom. The normalized spacial score (nSPS) is 11.6. The molecule has 0 saturated heterocycles. The van der Waals surface area contributed by atoms with E-state index in [9.17, 15) is 9.59 Å². The zero-order valence-electron chi connectivity index (χ0n) is 18.4. The zero-order chi connectivity index (χ0) is 23.2. The monoisotopic (exact) mass is 456 g/mol. The van der Waals surface area contributed by atoms with Crippen molar-refractivity contribution in [1.82, 2.24) is 9.55 Å². The van der Waals surface area contributed by atoms with Crippen molar-refractivity contribution >= 4 is 35.0 Å². The van der Waals surface area contributed by atoms with Crippen molar-refractivity contribution in [2.45, 2.75) is 24.3 Å². The topological polar surface area (TPSA) is 76.0 Å². The lowest BCUT2D eigenvalue weighted by molar-refractivity contribution is -0.115. The third-order valence-corrected chi connectivity index (χ3v) is 6.00. The molecule has 33 heavy (non-hydrogen) atoms. The molecule has 0 bridgehead atoms. The fraction of sp³-hybridized carbons (Fsp3) is 0.115. The first-order valence-electron chi connectivity index (χ1n) is 10.5. The summed E-state index contributed by atoms with van der Waals surface area (Å²) in [6, 6.07) is 27.1. The van der Waals surface area contributed by atoms with Crippen LogP contribution in [0.3, 0.4) is 0 Å². The van der Waals surface area contributed by atoms with E-state index < -0.39 is 0 Å². The van der Waals surface area contributed by atoms with Crippen LogP contribution in [0.25, 0.3) is 16.9 Å². The summed E-state index contributed by atoms with van der Waals surface area (Å²) >= 11 is 1.40. The van der Waals surface area contributed by atoms with E-state index >= 15 is 0 Å². The van der Waals surface area contributed by atoms with Gasteiger partial charge in [0.05, 0.1) is 17.1 Å². The number of carbonyl (C=O) groups is 2. The SMILES string of the molecule is CC(=O)Nc1ccc(NC(=O)C(C)Sc2ncc(-c3ccccc3)n2-c2ccccc2)cc1. The van der Waals surface area contributed by atoms with Gasteiger partial charge in [0.2, 0.25) is 11.8 Å². The van der Waals surface area contributed by atoms with E-state index in [1.54, 1.807) is 24.3 Å². The maximum absolute atomic E-state index is 12.9. The zero-order valence-corrected chi connectivity index (χ0v) is 19.2. The number of rotatable bonds is 7. The molecule has 1 aromatic heterocycles. The van der Waals surface area contributed by atoms with Gasteiger partial charge in [0.25, 0.3) is 0 Å². The Morgan fingerprint density at radius 1 is 0.848 bits per heavy atom. The summed E-state index contributed by atoms with van der Waals surface area (Å²) in [5.41, 5.74) is 4.35. The third kappa shape index (κ3) is 5.51. The van der Waals surface area contributed by atoms with Crippen LogP contribution in [-0.2, 0) is 9.59 Å². The van der Waals surface area contributed by atoms with Gasteiger partial charge in [-0.05, 0) is 43.3 Å². The fourth-order valence-corrected chi connectivity index (χ4v) is 4.26. The number of benzene rings is 3. The summed E-state index contributed by atoms with van der Waals surface area (Å²) in [6.07, 6.45) is 1.84. The number of thioether (sulfide) groups is 1. The van der Waals surface area contributed by atoms with E-state index in [0.29, 0.717) is 11.4 Å². The second-order valence-corrected chi connectivity index (χ2v) is 8.78. The number of amides is 2. The average Bonchev–Trinajstić information content (AvgIpc) is 3.24. The molecule has 1 heterocycles. The van der Waals surface area contributed by atoms with Crippen LogP contribution < -0.4 is 10.6 Å². The smallest absolute Gasteiger partial charge is 0.237 e. The molecule has 166 valence electrons. The van der Waals surface area contributed by atoms with Gasteiger partial charge < -0.3 is 10.6 Å². The van der Waals surface area contributed by atoms with Gasteiger partial charge >= 0.3 is 0 Å². The molecule has 2 amide bonds. The van der Waals surface area contributed by atoms with E-state index in [4.69, 9.17) is 0 Å². The second kappa shape index (κ2) is 10.2. The Hall–Kier alpha value is -3.84. The molecule has 0 aliphatic carbocycles. The van der Waals surface area contributed by atoms with Gasteiger partial charge in [-0.3, -0.25) is 14.2 Å². The molecule has 0 fully saturated rings. The van der Waals surface area contributed by atoms with Crippen LogP contribution in [0.5, 0.6) is 0 Å². The predicted octanol–water partition coefficient (Wildman–Crippen LogP) is 5.62. The molecule has 3 aromatic carbocycles. The highest BCUT2D eigenvalue weighted by Crippen LogP contribution is 2.32. The highest BCUT2D eigenvalue weighted by Gasteiger charge is 2.20. The molecule has 0 spiro atoms. The maximum atomic E-state index is 12.9. The Morgan fingerprint density at radius 3 is 2.03 bits per heavy atom. The van der Waals surface area contributed by atoms with E-state index in [-0.39, 0.29) is 17.1 Å². The minimum atomic E-state index is -0.381. The van der Waals surface area contributed by atoms with Gasteiger partial charge in [0, 0.05) is 29.5 Å². The van der Waals surface area contributed by atoms with Crippen molar-refractivity contribution in [3.05, 3.63) is 91.1 Å². The van der Waals surface area contributed by atoms with Crippen LogP contribution in [0.1, 0.15) is 13.8 Å². The molecule has 0 radical (unpaired) electrons. The Balaban J connectivity index is 1.54. The summed E-state index contributed by atoms with van der Waals surface area (Å²) in [5, 5.41) is 6.00. The molecule has 4 rings (SSSR count). The molecule has 0 aliphatic heterocycles. The number of imidazole rings is 1. The number of anilines is 2. The summed E-state index contributed by atoms with van der Waals surface area (Å²) in [6.45, 7) is 3.31. The second-order valence-electron chi connectivity index (χ2n) is 7.47. The number of para-hydroxylation sites is 1. The molecule has 0 saturated carbocycles. The lowest BCUT2D eigenvalue weighted by Gasteiger charge is -2.15. The summed E-state index contributed by atoms with van der Waals surface area (Å²) < 4.78 is 2.08. The number of hydrogen-bond acceptors (Lipinski definition) is 4. The van der Waals surface area contributed by atoms with E-state index in [1.807, 2.05) is 73.8 Å². The highest BCUT2D eigenvalue weighted by atomic mass is 32.2. The molecule has 6 nitrogen and oxygen atoms in total. The minimum absolute atomic E-state index is 0.129.